The van der Waals surface area contributed by atoms with Crippen LogP contribution >= 0.6 is 11.8 Å². The third-order valence-corrected chi connectivity index (χ3v) is 6.13. The van der Waals surface area contributed by atoms with Gasteiger partial charge in [-0.2, -0.15) is 0 Å². The first-order valence-corrected chi connectivity index (χ1v) is 11.2. The van der Waals surface area contributed by atoms with Crippen LogP contribution in [0.5, 0.6) is 0 Å². The van der Waals surface area contributed by atoms with Crippen molar-refractivity contribution in [3.63, 3.8) is 0 Å². The van der Waals surface area contributed by atoms with Crippen LogP contribution in [0.4, 0.5) is 0 Å². The number of carbonyl (C=O) groups excluding carboxylic acids is 1. The molecule has 0 unspecified atom stereocenters. The average molecular weight is 429 g/mol. The number of aromatic nitrogens is 1. The molecule has 4 aromatic rings. The molecule has 0 fully saturated rings. The van der Waals surface area contributed by atoms with Crippen LogP contribution in [-0.4, -0.2) is 10.9 Å². The summed E-state index contributed by atoms with van der Waals surface area (Å²) in [6.07, 6.45) is 0. The van der Waals surface area contributed by atoms with Gasteiger partial charge in [0.1, 0.15) is 5.76 Å². The van der Waals surface area contributed by atoms with E-state index in [0.29, 0.717) is 18.0 Å². The number of carbonyl (C=O) groups is 1. The number of oxazole rings is 1. The van der Waals surface area contributed by atoms with Crippen LogP contribution in [0.15, 0.2) is 88.2 Å². The number of amides is 1. The fourth-order valence-corrected chi connectivity index (χ4v) is 4.12. The molecule has 0 saturated carbocycles. The molecule has 0 atom stereocenters. The number of aryl methyl sites for hydroxylation is 2. The van der Waals surface area contributed by atoms with Crippen molar-refractivity contribution in [2.24, 2.45) is 0 Å². The highest BCUT2D eigenvalue weighted by Crippen LogP contribution is 2.27. The molecule has 4 nitrogen and oxygen atoms in total. The maximum Gasteiger partial charge on any atom is 0.251 e. The minimum atomic E-state index is -0.0988. The SMILES string of the molecule is Cc1ccccc1CNC(=O)c1ccc(-c2nc(CSc3ccccc3)c(C)o2)cc1. The van der Waals surface area contributed by atoms with Gasteiger partial charge in [0.2, 0.25) is 5.89 Å². The Morgan fingerprint density at radius 2 is 1.65 bits per heavy atom. The number of hydrogen-bond donors (Lipinski definition) is 1. The number of nitrogens with one attached hydrogen (secondary N) is 1. The first-order valence-electron chi connectivity index (χ1n) is 10.2. The average Bonchev–Trinajstić information content (AvgIpc) is 3.18. The Bertz CT molecular complexity index is 1170. The second-order valence-electron chi connectivity index (χ2n) is 7.31. The molecular formula is C26H24N2O2S. The maximum atomic E-state index is 12.5. The van der Waals surface area contributed by atoms with Gasteiger partial charge in [0.05, 0.1) is 5.69 Å². The first-order chi connectivity index (χ1) is 15.1. The number of benzene rings is 3. The molecule has 5 heteroatoms. The molecule has 1 N–H and O–H groups in total. The molecule has 0 aliphatic rings. The summed E-state index contributed by atoms with van der Waals surface area (Å²) in [6.45, 7) is 4.49. The number of thioether (sulfide) groups is 1. The van der Waals surface area contributed by atoms with Gasteiger partial charge in [-0.15, -0.1) is 11.8 Å². The summed E-state index contributed by atoms with van der Waals surface area (Å²) in [6, 6.07) is 25.7. The normalized spacial score (nSPS) is 10.8. The molecule has 0 aliphatic heterocycles. The van der Waals surface area contributed by atoms with Crippen LogP contribution in [0, 0.1) is 13.8 Å². The zero-order valence-electron chi connectivity index (χ0n) is 17.6. The molecule has 3 aromatic carbocycles. The van der Waals surface area contributed by atoms with E-state index < -0.39 is 0 Å². The molecule has 0 aliphatic carbocycles. The molecule has 0 bridgehead atoms. The van der Waals surface area contributed by atoms with Crippen LogP contribution in [0.3, 0.4) is 0 Å². The van der Waals surface area contributed by atoms with E-state index >= 15 is 0 Å². The molecular weight excluding hydrogens is 404 g/mol. The summed E-state index contributed by atoms with van der Waals surface area (Å²) in [5.74, 6) is 2.04. The van der Waals surface area contributed by atoms with Gasteiger partial charge >= 0.3 is 0 Å². The van der Waals surface area contributed by atoms with Gasteiger partial charge in [-0.1, -0.05) is 42.5 Å². The van der Waals surface area contributed by atoms with Crippen molar-refractivity contribution >= 4 is 17.7 Å². The minimum absolute atomic E-state index is 0.0988. The van der Waals surface area contributed by atoms with Crippen LogP contribution in [0.2, 0.25) is 0 Å². The van der Waals surface area contributed by atoms with Crippen LogP contribution in [0.1, 0.15) is 32.9 Å². The Labute approximate surface area is 186 Å². The quantitative estimate of drug-likeness (QED) is 0.357. The van der Waals surface area contributed by atoms with E-state index in [1.165, 1.54) is 10.5 Å². The Morgan fingerprint density at radius 3 is 2.39 bits per heavy atom. The highest BCUT2D eigenvalue weighted by Gasteiger charge is 2.13. The van der Waals surface area contributed by atoms with E-state index in [1.54, 1.807) is 23.9 Å². The van der Waals surface area contributed by atoms with Gasteiger partial charge in [-0.05, 0) is 61.4 Å². The molecule has 4 rings (SSSR count). The van der Waals surface area contributed by atoms with Crippen LogP contribution in [0.25, 0.3) is 11.5 Å². The van der Waals surface area contributed by atoms with Crippen LogP contribution in [-0.2, 0) is 12.3 Å². The summed E-state index contributed by atoms with van der Waals surface area (Å²) in [7, 11) is 0. The minimum Gasteiger partial charge on any atom is -0.441 e. The number of rotatable bonds is 7. The van der Waals surface area contributed by atoms with Crippen molar-refractivity contribution in [2.45, 2.75) is 31.0 Å². The highest BCUT2D eigenvalue weighted by molar-refractivity contribution is 7.98. The standard InChI is InChI=1S/C26H24N2O2S/c1-18-8-6-7-9-22(18)16-27-25(29)20-12-14-21(15-13-20)26-28-24(19(2)30-26)17-31-23-10-4-3-5-11-23/h3-15H,16-17H2,1-2H3,(H,27,29). The molecule has 1 amide bonds. The molecule has 0 radical (unpaired) electrons. The Balaban J connectivity index is 1.39. The highest BCUT2D eigenvalue weighted by atomic mass is 32.2. The lowest BCUT2D eigenvalue weighted by molar-refractivity contribution is 0.0951. The van der Waals surface area contributed by atoms with Crippen LogP contribution < -0.4 is 5.32 Å². The zero-order chi connectivity index (χ0) is 21.6. The Morgan fingerprint density at radius 1 is 0.935 bits per heavy atom. The molecule has 1 aromatic heterocycles. The lowest BCUT2D eigenvalue weighted by Crippen LogP contribution is -2.23. The molecule has 31 heavy (non-hydrogen) atoms. The van der Waals surface area contributed by atoms with E-state index in [0.717, 1.165) is 28.3 Å². The van der Waals surface area contributed by atoms with E-state index in [9.17, 15) is 4.79 Å². The van der Waals surface area contributed by atoms with E-state index in [4.69, 9.17) is 4.42 Å². The molecule has 156 valence electrons. The zero-order valence-corrected chi connectivity index (χ0v) is 18.4. The second kappa shape index (κ2) is 9.67. The predicted octanol–water partition coefficient (Wildman–Crippen LogP) is 6.18. The van der Waals surface area contributed by atoms with Crippen molar-refractivity contribution in [1.82, 2.24) is 10.3 Å². The van der Waals surface area contributed by atoms with E-state index in [1.807, 2.05) is 68.4 Å². The fourth-order valence-electron chi connectivity index (χ4n) is 3.20. The summed E-state index contributed by atoms with van der Waals surface area (Å²) in [5, 5.41) is 2.98. The van der Waals surface area contributed by atoms with Crippen molar-refractivity contribution in [2.75, 3.05) is 0 Å². The van der Waals surface area contributed by atoms with Gasteiger partial charge in [-0.3, -0.25) is 4.79 Å². The number of hydrogen-bond acceptors (Lipinski definition) is 4. The van der Waals surface area contributed by atoms with Crippen molar-refractivity contribution in [1.29, 1.82) is 0 Å². The maximum absolute atomic E-state index is 12.5. The van der Waals surface area contributed by atoms with E-state index in [-0.39, 0.29) is 5.91 Å². The van der Waals surface area contributed by atoms with Crippen molar-refractivity contribution in [3.05, 3.63) is 107 Å². The third kappa shape index (κ3) is 5.25. The topological polar surface area (TPSA) is 55.1 Å². The molecule has 0 saturated heterocycles. The largest absolute Gasteiger partial charge is 0.441 e. The second-order valence-corrected chi connectivity index (χ2v) is 8.36. The van der Waals surface area contributed by atoms with Gasteiger partial charge in [0.25, 0.3) is 5.91 Å². The third-order valence-electron chi connectivity index (χ3n) is 5.11. The van der Waals surface area contributed by atoms with Crippen molar-refractivity contribution < 1.29 is 9.21 Å². The Hall–Kier alpha value is -3.31. The smallest absolute Gasteiger partial charge is 0.251 e. The van der Waals surface area contributed by atoms with Gasteiger partial charge < -0.3 is 9.73 Å². The first kappa shape index (κ1) is 20.9. The Kier molecular flexibility index (Phi) is 6.53. The molecule has 0 spiro atoms. The summed E-state index contributed by atoms with van der Waals surface area (Å²) in [4.78, 5) is 18.4. The monoisotopic (exact) mass is 428 g/mol. The number of nitrogens with zero attached hydrogens (tertiary/aromatic N) is 1. The predicted molar refractivity (Wildman–Crippen MR) is 125 cm³/mol. The summed E-state index contributed by atoms with van der Waals surface area (Å²) >= 11 is 1.73. The van der Waals surface area contributed by atoms with Crippen molar-refractivity contribution in [3.8, 4) is 11.5 Å². The van der Waals surface area contributed by atoms with Gasteiger partial charge in [-0.25, -0.2) is 4.98 Å². The molecule has 1 heterocycles. The van der Waals surface area contributed by atoms with E-state index in [2.05, 4.69) is 22.4 Å². The van der Waals surface area contributed by atoms with Gasteiger partial charge in [0.15, 0.2) is 0 Å². The fraction of sp³-hybridized carbons (Fsp3) is 0.154. The lowest BCUT2D eigenvalue weighted by atomic mass is 10.1. The summed E-state index contributed by atoms with van der Waals surface area (Å²) in [5.41, 5.74) is 4.68. The van der Waals surface area contributed by atoms with Gasteiger partial charge in [0, 0.05) is 28.3 Å². The lowest BCUT2D eigenvalue weighted by Gasteiger charge is -2.08. The summed E-state index contributed by atoms with van der Waals surface area (Å²) < 4.78 is 5.88.